The highest BCUT2D eigenvalue weighted by atomic mass is 32.1. The third-order valence-corrected chi connectivity index (χ3v) is 26.5. The molecular formula is C112H70N4O2S2. The third-order valence-electron chi connectivity index (χ3n) is 24.2. The van der Waals surface area contributed by atoms with Gasteiger partial charge >= 0.3 is 0 Å². The Balaban J connectivity index is 0.000000137. The molecule has 0 bridgehead atoms. The van der Waals surface area contributed by atoms with E-state index in [1.807, 2.05) is 46.9 Å². The number of anilines is 6. The second-order valence-electron chi connectivity index (χ2n) is 31.0. The molecule has 562 valence electrons. The summed E-state index contributed by atoms with van der Waals surface area (Å²) in [7, 11) is 0. The van der Waals surface area contributed by atoms with Crippen LogP contribution in [0.15, 0.2) is 433 Å². The van der Waals surface area contributed by atoms with Gasteiger partial charge in [-0.15, -0.1) is 22.7 Å². The Morgan fingerprint density at radius 3 is 1.10 bits per heavy atom. The highest BCUT2D eigenvalue weighted by Gasteiger charge is 2.23. The van der Waals surface area contributed by atoms with Crippen LogP contribution in [0.1, 0.15) is 0 Å². The van der Waals surface area contributed by atoms with E-state index in [0.29, 0.717) is 0 Å². The average molecular weight is 1570 g/mol. The lowest BCUT2D eigenvalue weighted by molar-refractivity contribution is 0.668. The molecule has 0 atom stereocenters. The Kier molecular flexibility index (Phi) is 16.3. The summed E-state index contributed by atoms with van der Waals surface area (Å²) >= 11 is 3.73. The van der Waals surface area contributed by atoms with E-state index < -0.39 is 0 Å². The molecule has 6 heterocycles. The molecular weight excluding hydrogens is 1500 g/mol. The minimum Gasteiger partial charge on any atom is -0.456 e. The van der Waals surface area contributed by atoms with Gasteiger partial charge in [-0.1, -0.05) is 255 Å². The van der Waals surface area contributed by atoms with Gasteiger partial charge in [0.1, 0.15) is 22.3 Å². The first-order valence-electron chi connectivity index (χ1n) is 40.7. The number of rotatable bonds is 12. The highest BCUT2D eigenvalue weighted by molar-refractivity contribution is 7.26. The van der Waals surface area contributed by atoms with Gasteiger partial charge in [-0.2, -0.15) is 0 Å². The fraction of sp³-hybridized carbons (Fsp3) is 0. The second-order valence-corrected chi connectivity index (χ2v) is 33.2. The SMILES string of the molecule is c1ccc(-c2ccc(N(c3ccc(-c4ccc5c(c4)c4c6ccccc6ccc4n5-c4ccc5c(c4)oc4ccccc45)cc3)c3ccc4c(c3)oc3ccccc34)cc2)cc1.c1ccc(-c2ccc(N(c3ccc(-c4ccc5c(c4)c4ccccc4n5-c4ccc5c(c4)sc4ccccc45)cc3)c3ccc4c(c3)sc3ccccc34)cc2)cc1. The van der Waals surface area contributed by atoms with Gasteiger partial charge in [-0.05, 0) is 213 Å². The van der Waals surface area contributed by atoms with E-state index in [-0.39, 0.29) is 0 Å². The Labute approximate surface area is 698 Å². The Hall–Kier alpha value is -15.3. The number of para-hydroxylation sites is 3. The van der Waals surface area contributed by atoms with E-state index in [9.17, 15) is 0 Å². The lowest BCUT2D eigenvalue weighted by Crippen LogP contribution is -2.09. The first-order valence-corrected chi connectivity index (χ1v) is 42.4. The molecule has 0 N–H and O–H groups in total. The molecule has 8 heteroatoms. The van der Waals surface area contributed by atoms with Crippen LogP contribution in [0.25, 0.3) is 194 Å². The van der Waals surface area contributed by atoms with Crippen LogP contribution in [0.4, 0.5) is 34.1 Å². The molecule has 120 heavy (non-hydrogen) atoms. The van der Waals surface area contributed by atoms with Crippen molar-refractivity contribution in [1.82, 2.24) is 9.13 Å². The average Bonchev–Trinajstić information content (AvgIpc) is 1.56. The van der Waals surface area contributed by atoms with Crippen LogP contribution in [0.2, 0.25) is 0 Å². The van der Waals surface area contributed by atoms with E-state index in [0.717, 1.165) is 106 Å². The van der Waals surface area contributed by atoms with E-state index in [1.165, 1.54) is 123 Å². The van der Waals surface area contributed by atoms with Crippen molar-refractivity contribution >= 4 is 195 Å². The minimum atomic E-state index is 0.865. The van der Waals surface area contributed by atoms with E-state index in [4.69, 9.17) is 8.83 Å². The van der Waals surface area contributed by atoms with Crippen LogP contribution in [0.3, 0.4) is 0 Å². The van der Waals surface area contributed by atoms with E-state index in [2.05, 4.69) is 419 Å². The molecule has 0 saturated carbocycles. The minimum absolute atomic E-state index is 0.865. The van der Waals surface area contributed by atoms with Gasteiger partial charge in [0, 0.05) is 141 Å². The van der Waals surface area contributed by atoms with Crippen molar-refractivity contribution in [2.24, 2.45) is 0 Å². The van der Waals surface area contributed by atoms with Crippen molar-refractivity contribution in [2.75, 3.05) is 9.80 Å². The summed E-state index contributed by atoms with van der Waals surface area (Å²) in [5, 5.41) is 17.2. The van der Waals surface area contributed by atoms with Gasteiger partial charge in [0.25, 0.3) is 0 Å². The Bertz CT molecular complexity index is 8340. The van der Waals surface area contributed by atoms with E-state index in [1.54, 1.807) is 0 Å². The number of nitrogens with zero attached hydrogens (tertiary/aromatic N) is 4. The van der Waals surface area contributed by atoms with Crippen molar-refractivity contribution in [3.63, 3.8) is 0 Å². The number of fused-ring (bicyclic) bond motifs is 20. The fourth-order valence-corrected chi connectivity index (χ4v) is 20.7. The smallest absolute Gasteiger partial charge is 0.137 e. The molecule has 0 aliphatic carbocycles. The first-order chi connectivity index (χ1) is 59.4. The van der Waals surface area contributed by atoms with Crippen molar-refractivity contribution in [1.29, 1.82) is 0 Å². The lowest BCUT2D eigenvalue weighted by Gasteiger charge is -2.26. The van der Waals surface area contributed by atoms with Crippen LogP contribution in [-0.2, 0) is 0 Å². The maximum absolute atomic E-state index is 6.39. The van der Waals surface area contributed by atoms with Crippen LogP contribution in [0.5, 0.6) is 0 Å². The fourth-order valence-electron chi connectivity index (χ4n) is 18.5. The van der Waals surface area contributed by atoms with Crippen LogP contribution < -0.4 is 9.80 Å². The monoisotopic (exact) mass is 1570 g/mol. The van der Waals surface area contributed by atoms with Gasteiger partial charge in [-0.25, -0.2) is 0 Å². The van der Waals surface area contributed by atoms with Crippen LogP contribution in [-0.4, -0.2) is 9.13 Å². The lowest BCUT2D eigenvalue weighted by atomic mass is 9.99. The predicted octanol–water partition coefficient (Wildman–Crippen LogP) is 32.9. The largest absolute Gasteiger partial charge is 0.456 e. The molecule has 0 aliphatic rings. The zero-order chi connectivity index (χ0) is 78.9. The van der Waals surface area contributed by atoms with Gasteiger partial charge in [0.15, 0.2) is 0 Å². The molecule has 6 nitrogen and oxygen atoms in total. The summed E-state index contributed by atoms with van der Waals surface area (Å²) in [5.41, 5.74) is 26.6. The van der Waals surface area contributed by atoms with Crippen molar-refractivity contribution < 1.29 is 8.83 Å². The number of aromatic nitrogens is 2. The number of hydrogen-bond donors (Lipinski definition) is 0. The Morgan fingerprint density at radius 2 is 0.533 bits per heavy atom. The van der Waals surface area contributed by atoms with Crippen molar-refractivity contribution in [3.05, 3.63) is 425 Å². The predicted molar refractivity (Wildman–Crippen MR) is 511 cm³/mol. The molecule has 0 fully saturated rings. The number of thiophene rings is 2. The van der Waals surface area contributed by atoms with Crippen LogP contribution in [0, 0.1) is 0 Å². The molecule has 0 spiro atoms. The second kappa shape index (κ2) is 28.3. The van der Waals surface area contributed by atoms with E-state index >= 15 is 0 Å². The maximum atomic E-state index is 6.39. The van der Waals surface area contributed by atoms with Crippen molar-refractivity contribution in [2.45, 2.75) is 0 Å². The molecule has 25 aromatic rings. The number of furan rings is 2. The van der Waals surface area contributed by atoms with Crippen LogP contribution >= 0.6 is 22.7 Å². The number of hydrogen-bond acceptors (Lipinski definition) is 6. The molecule has 6 aromatic heterocycles. The number of benzene rings is 19. The summed E-state index contributed by atoms with van der Waals surface area (Å²) < 4.78 is 22.8. The molecule has 0 unspecified atom stereocenters. The summed E-state index contributed by atoms with van der Waals surface area (Å²) in [6.07, 6.45) is 0. The zero-order valence-corrected chi connectivity index (χ0v) is 66.5. The molecule has 0 saturated heterocycles. The van der Waals surface area contributed by atoms with Gasteiger partial charge in [-0.3, -0.25) is 0 Å². The molecule has 0 aliphatic heterocycles. The van der Waals surface area contributed by atoms with Gasteiger partial charge in [0.05, 0.1) is 22.1 Å². The first kappa shape index (κ1) is 69.0. The van der Waals surface area contributed by atoms with Crippen molar-refractivity contribution in [3.8, 4) is 55.9 Å². The van der Waals surface area contributed by atoms with Gasteiger partial charge in [0.2, 0.25) is 0 Å². The highest BCUT2D eigenvalue weighted by Crippen LogP contribution is 2.47. The van der Waals surface area contributed by atoms with Gasteiger partial charge < -0.3 is 27.8 Å². The molecule has 0 radical (unpaired) electrons. The quantitative estimate of drug-likeness (QED) is 0.122. The maximum Gasteiger partial charge on any atom is 0.137 e. The summed E-state index contributed by atoms with van der Waals surface area (Å²) in [4.78, 5) is 4.69. The molecule has 25 rings (SSSR count). The zero-order valence-electron chi connectivity index (χ0n) is 64.8. The normalized spacial score (nSPS) is 11.8. The summed E-state index contributed by atoms with van der Waals surface area (Å²) in [6.45, 7) is 0. The standard InChI is InChI=1S/C58H36N2O2.C54H34N2S2/c1-2-10-37(11-3-1)38-18-24-42(25-19-38)59(44-28-30-49-47-14-6-8-16-54(47)61-56(49)35-44)43-26-20-39(21-27-43)41-23-32-52-51(34-41)58-46-13-5-4-12-40(46)22-33-53(58)60(52)45-29-31-50-48-15-7-9-17-55(48)62-57(50)36-45;1-2-10-35(11-3-1)36-18-23-39(24-19-36)55(41-27-29-46-44-13-5-8-16-51(44)57-53(46)33-41)40-25-20-37(21-26-40)38-22-31-50-48(32-38)43-12-4-7-15-49(43)56(50)42-28-30-47-45-14-6-9-17-52(45)58-54(47)34-42/h1-36H;1-34H. The summed E-state index contributed by atoms with van der Waals surface area (Å²) in [5.74, 6) is 0. The topological polar surface area (TPSA) is 42.6 Å². The summed E-state index contributed by atoms with van der Waals surface area (Å²) in [6, 6.07) is 154. The molecule has 0 amide bonds. The Morgan fingerprint density at radius 1 is 0.183 bits per heavy atom. The molecule has 19 aromatic carbocycles. The third kappa shape index (κ3) is 11.7.